The van der Waals surface area contributed by atoms with Crippen molar-refractivity contribution in [3.8, 4) is 67.5 Å². The molecule has 1 heterocycles. The average molecular weight is 702 g/mol. The van der Waals surface area contributed by atoms with E-state index in [1.165, 1.54) is 76.8 Å². The van der Waals surface area contributed by atoms with Crippen molar-refractivity contribution in [2.45, 2.75) is 19.3 Å². The first-order chi connectivity index (χ1) is 27.0. The first-order valence-electron chi connectivity index (χ1n) is 18.9. The Balaban J connectivity index is 1.04. The maximum atomic E-state index is 5.05. The molecule has 0 bridgehead atoms. The van der Waals surface area contributed by atoms with E-state index in [1.54, 1.807) is 0 Å². The van der Waals surface area contributed by atoms with E-state index in [2.05, 4.69) is 153 Å². The first-order valence-corrected chi connectivity index (χ1v) is 18.9. The summed E-state index contributed by atoms with van der Waals surface area (Å²) in [4.78, 5) is 15.0. The number of hydrogen-bond acceptors (Lipinski definition) is 3. The minimum absolute atomic E-state index is 0.224. The molecular weight excluding hydrogens is 667 g/mol. The molecule has 0 saturated carbocycles. The Bertz CT molecular complexity index is 3040. The third kappa shape index (κ3) is 4.93. The van der Waals surface area contributed by atoms with Crippen LogP contribution in [0.2, 0.25) is 0 Å². The van der Waals surface area contributed by atoms with Gasteiger partial charge in [-0.3, -0.25) is 0 Å². The third-order valence-electron chi connectivity index (χ3n) is 11.7. The topological polar surface area (TPSA) is 38.7 Å². The van der Waals surface area contributed by atoms with Gasteiger partial charge in [0.2, 0.25) is 0 Å². The second-order valence-corrected chi connectivity index (χ2v) is 15.2. The summed E-state index contributed by atoms with van der Waals surface area (Å²) < 4.78 is 0. The molecule has 3 nitrogen and oxygen atoms in total. The van der Waals surface area contributed by atoms with E-state index >= 15 is 0 Å². The average Bonchev–Trinajstić information content (AvgIpc) is 3.48. The molecule has 10 aromatic rings. The van der Waals surface area contributed by atoms with E-state index in [0.717, 1.165) is 16.7 Å². The number of fused-ring (bicyclic) bond motifs is 3. The van der Waals surface area contributed by atoms with Crippen molar-refractivity contribution in [1.82, 2.24) is 15.0 Å². The van der Waals surface area contributed by atoms with Gasteiger partial charge in [-0.25, -0.2) is 15.0 Å². The van der Waals surface area contributed by atoms with Crippen molar-refractivity contribution >= 4 is 32.3 Å². The van der Waals surface area contributed by atoms with Crippen molar-refractivity contribution in [3.63, 3.8) is 0 Å². The summed E-state index contributed by atoms with van der Waals surface area (Å²) >= 11 is 0. The van der Waals surface area contributed by atoms with Crippen molar-refractivity contribution in [1.29, 1.82) is 0 Å². The molecule has 0 fully saturated rings. The van der Waals surface area contributed by atoms with Crippen LogP contribution in [0.1, 0.15) is 25.0 Å². The highest BCUT2D eigenvalue weighted by Crippen LogP contribution is 2.53. The number of rotatable bonds is 5. The van der Waals surface area contributed by atoms with Crippen LogP contribution in [-0.2, 0) is 5.41 Å². The highest BCUT2D eigenvalue weighted by molar-refractivity contribution is 6.25. The molecule has 0 spiro atoms. The highest BCUT2D eigenvalue weighted by atomic mass is 15.0. The normalized spacial score (nSPS) is 13.1. The van der Waals surface area contributed by atoms with Crippen LogP contribution in [0.4, 0.5) is 0 Å². The summed E-state index contributed by atoms with van der Waals surface area (Å²) in [5.74, 6) is 2.00. The van der Waals surface area contributed by atoms with Gasteiger partial charge in [0.15, 0.2) is 17.5 Å². The molecule has 1 aliphatic rings. The number of hydrogen-bond donors (Lipinski definition) is 0. The van der Waals surface area contributed by atoms with Crippen LogP contribution in [0.25, 0.3) is 99.9 Å². The molecule has 0 radical (unpaired) electrons. The van der Waals surface area contributed by atoms with Gasteiger partial charge in [0, 0.05) is 22.1 Å². The van der Waals surface area contributed by atoms with Crippen LogP contribution in [0.3, 0.4) is 0 Å². The Morgan fingerprint density at radius 2 is 0.873 bits per heavy atom. The SMILES string of the molecule is CC1(C)c2cc(-c3nc(-c4ccccc4)nc(-c4ccccc4)n3)ccc2-c2c(-c3cccc(-c4ccc5ccc6cccc7ccc4c5c67)c3)cccc21. The molecule has 0 atom stereocenters. The Hall–Kier alpha value is -6.97. The maximum absolute atomic E-state index is 5.05. The molecule has 0 amide bonds. The van der Waals surface area contributed by atoms with E-state index in [1.807, 2.05) is 36.4 Å². The molecule has 0 aliphatic heterocycles. The standard InChI is InChI=1S/C52H35N3/c1-52(2)44-21-11-20-41(38-19-10-18-37(30-38)40-27-24-34-23-22-32-16-9-17-33-25-28-42(40)47(34)46(32)33)48(44)43-29-26-39(31-45(43)52)51-54-49(35-12-5-3-6-13-35)53-50(55-51)36-14-7-4-8-15-36/h3-31H,1-2H3. The molecule has 55 heavy (non-hydrogen) atoms. The van der Waals surface area contributed by atoms with Gasteiger partial charge in [0.05, 0.1) is 0 Å². The van der Waals surface area contributed by atoms with Gasteiger partial charge in [0.25, 0.3) is 0 Å². The minimum Gasteiger partial charge on any atom is -0.208 e. The second kappa shape index (κ2) is 12.0. The fourth-order valence-electron chi connectivity index (χ4n) is 8.95. The van der Waals surface area contributed by atoms with Crippen molar-refractivity contribution in [3.05, 3.63) is 187 Å². The van der Waals surface area contributed by atoms with Crippen LogP contribution in [0, 0.1) is 0 Å². The van der Waals surface area contributed by atoms with Crippen LogP contribution in [0.5, 0.6) is 0 Å². The molecule has 3 heteroatoms. The van der Waals surface area contributed by atoms with Crippen molar-refractivity contribution < 1.29 is 0 Å². The molecule has 9 aromatic carbocycles. The van der Waals surface area contributed by atoms with E-state index in [4.69, 9.17) is 15.0 Å². The largest absolute Gasteiger partial charge is 0.208 e. The Morgan fingerprint density at radius 1 is 0.345 bits per heavy atom. The lowest BCUT2D eigenvalue weighted by molar-refractivity contribution is 0.660. The zero-order chi connectivity index (χ0) is 36.7. The quantitative estimate of drug-likeness (QED) is 0.168. The molecule has 11 rings (SSSR count). The van der Waals surface area contributed by atoms with E-state index in [0.29, 0.717) is 17.5 Å². The van der Waals surface area contributed by atoms with Gasteiger partial charge in [0.1, 0.15) is 0 Å². The fourth-order valence-corrected chi connectivity index (χ4v) is 8.95. The molecule has 1 aromatic heterocycles. The van der Waals surface area contributed by atoms with E-state index < -0.39 is 0 Å². The van der Waals surface area contributed by atoms with Gasteiger partial charge >= 0.3 is 0 Å². The number of benzene rings is 9. The van der Waals surface area contributed by atoms with E-state index in [-0.39, 0.29) is 5.41 Å². The predicted molar refractivity (Wildman–Crippen MR) is 228 cm³/mol. The van der Waals surface area contributed by atoms with Crippen LogP contribution in [0.15, 0.2) is 176 Å². The zero-order valence-electron chi connectivity index (χ0n) is 30.6. The van der Waals surface area contributed by atoms with Crippen LogP contribution in [-0.4, -0.2) is 15.0 Å². The summed E-state index contributed by atoms with van der Waals surface area (Å²) in [5, 5.41) is 7.84. The highest BCUT2D eigenvalue weighted by Gasteiger charge is 2.37. The lowest BCUT2D eigenvalue weighted by atomic mass is 9.81. The summed E-state index contributed by atoms with van der Waals surface area (Å²) in [6, 6.07) is 63.3. The third-order valence-corrected chi connectivity index (χ3v) is 11.7. The van der Waals surface area contributed by atoms with Gasteiger partial charge in [-0.2, -0.15) is 0 Å². The Labute approximate surface area is 320 Å². The second-order valence-electron chi connectivity index (χ2n) is 15.2. The first kappa shape index (κ1) is 31.5. The lowest BCUT2D eigenvalue weighted by Crippen LogP contribution is -2.15. The predicted octanol–water partition coefficient (Wildman–Crippen LogP) is 13.4. The summed E-state index contributed by atoms with van der Waals surface area (Å²) in [7, 11) is 0. The minimum atomic E-state index is -0.224. The summed E-state index contributed by atoms with van der Waals surface area (Å²) in [6.45, 7) is 4.68. The molecule has 258 valence electrons. The van der Waals surface area contributed by atoms with Crippen LogP contribution >= 0.6 is 0 Å². The monoisotopic (exact) mass is 701 g/mol. The molecule has 0 N–H and O–H groups in total. The van der Waals surface area contributed by atoms with Crippen molar-refractivity contribution in [2.24, 2.45) is 0 Å². The van der Waals surface area contributed by atoms with Gasteiger partial charge in [-0.15, -0.1) is 0 Å². The van der Waals surface area contributed by atoms with Gasteiger partial charge in [-0.05, 0) is 89.0 Å². The van der Waals surface area contributed by atoms with Crippen molar-refractivity contribution in [2.75, 3.05) is 0 Å². The van der Waals surface area contributed by atoms with Crippen LogP contribution < -0.4 is 0 Å². The Kier molecular flexibility index (Phi) is 6.90. The Morgan fingerprint density at radius 3 is 1.56 bits per heavy atom. The molecule has 0 saturated heterocycles. The van der Waals surface area contributed by atoms with Gasteiger partial charge in [-0.1, -0.05) is 178 Å². The zero-order valence-corrected chi connectivity index (χ0v) is 30.6. The van der Waals surface area contributed by atoms with Gasteiger partial charge < -0.3 is 0 Å². The smallest absolute Gasteiger partial charge is 0.164 e. The summed E-state index contributed by atoms with van der Waals surface area (Å²) in [6.07, 6.45) is 0. The molecule has 0 unspecified atom stereocenters. The molecule has 1 aliphatic carbocycles. The number of nitrogens with zero attached hydrogens (tertiary/aromatic N) is 3. The lowest BCUT2D eigenvalue weighted by Gasteiger charge is -2.22. The number of aromatic nitrogens is 3. The summed E-state index contributed by atoms with van der Waals surface area (Å²) in [5.41, 5.74) is 12.8. The molecular formula is C52H35N3. The fraction of sp³-hybridized carbons (Fsp3) is 0.0577. The van der Waals surface area contributed by atoms with E-state index in [9.17, 15) is 0 Å². The maximum Gasteiger partial charge on any atom is 0.164 e.